The van der Waals surface area contributed by atoms with E-state index in [9.17, 15) is 4.79 Å². The van der Waals surface area contributed by atoms with E-state index >= 15 is 0 Å². The van der Waals surface area contributed by atoms with Crippen LogP contribution in [0.25, 0.3) is 0 Å². The Labute approximate surface area is 61.3 Å². The van der Waals surface area contributed by atoms with Crippen LogP contribution >= 0.6 is 0 Å². The Bertz CT molecular complexity index is 101. The van der Waals surface area contributed by atoms with E-state index in [1.165, 1.54) is 14.0 Å². The number of Topliss-reactive ketones (excluding diaryl/α,β-unsaturated/α-hetero) is 1. The van der Waals surface area contributed by atoms with Gasteiger partial charge in [-0.25, -0.2) is 0 Å². The zero-order chi connectivity index (χ0) is 7.98. The lowest BCUT2D eigenvalue weighted by atomic mass is 10.3. The molecule has 1 unspecified atom stereocenters. The van der Waals surface area contributed by atoms with E-state index in [-0.39, 0.29) is 12.1 Å². The van der Waals surface area contributed by atoms with Gasteiger partial charge in [0.25, 0.3) is 0 Å². The Hall–Kier alpha value is -0.410. The Kier molecular flexibility index (Phi) is 5.16. The van der Waals surface area contributed by atoms with Crippen molar-refractivity contribution in [2.45, 2.75) is 26.6 Å². The molecule has 3 nitrogen and oxygen atoms in total. The highest BCUT2D eigenvalue weighted by Gasteiger charge is 2.08. The molecule has 0 aliphatic rings. The van der Waals surface area contributed by atoms with Crippen LogP contribution < -0.4 is 0 Å². The zero-order valence-corrected chi connectivity index (χ0v) is 6.72. The minimum atomic E-state index is -0.359. The van der Waals surface area contributed by atoms with Crippen LogP contribution in [0.1, 0.15) is 20.3 Å². The summed E-state index contributed by atoms with van der Waals surface area (Å²) in [6.07, 6.45) is -0.0212. The molecular weight excluding hydrogens is 132 g/mol. The molecule has 0 saturated carbocycles. The van der Waals surface area contributed by atoms with E-state index in [1.807, 2.05) is 6.92 Å². The average Bonchev–Trinajstić information content (AvgIpc) is 1.86. The van der Waals surface area contributed by atoms with Crippen LogP contribution in [-0.2, 0) is 14.3 Å². The van der Waals surface area contributed by atoms with E-state index in [2.05, 4.69) is 0 Å². The van der Waals surface area contributed by atoms with Crippen molar-refractivity contribution in [3.63, 3.8) is 0 Å². The van der Waals surface area contributed by atoms with Crippen molar-refractivity contribution in [2.75, 3.05) is 13.7 Å². The van der Waals surface area contributed by atoms with Crippen LogP contribution in [0, 0.1) is 0 Å². The van der Waals surface area contributed by atoms with Gasteiger partial charge in [0.1, 0.15) is 5.78 Å². The van der Waals surface area contributed by atoms with E-state index in [0.29, 0.717) is 13.0 Å². The highest BCUT2D eigenvalue weighted by molar-refractivity contribution is 5.75. The first-order chi connectivity index (χ1) is 4.70. The molecule has 0 rings (SSSR count). The highest BCUT2D eigenvalue weighted by Crippen LogP contribution is 1.99. The number of rotatable bonds is 5. The van der Waals surface area contributed by atoms with Gasteiger partial charge in [0.05, 0.1) is 6.42 Å². The van der Waals surface area contributed by atoms with Gasteiger partial charge in [-0.05, 0) is 13.8 Å². The van der Waals surface area contributed by atoms with Crippen LogP contribution in [0.4, 0.5) is 0 Å². The Morgan fingerprint density at radius 1 is 1.60 bits per heavy atom. The Morgan fingerprint density at radius 2 is 2.20 bits per heavy atom. The summed E-state index contributed by atoms with van der Waals surface area (Å²) in [4.78, 5) is 10.5. The van der Waals surface area contributed by atoms with Crippen molar-refractivity contribution >= 4 is 5.78 Å². The van der Waals surface area contributed by atoms with Gasteiger partial charge in [-0.1, -0.05) is 0 Å². The second kappa shape index (κ2) is 5.38. The normalized spacial score (nSPS) is 13.1. The van der Waals surface area contributed by atoms with Gasteiger partial charge in [-0.2, -0.15) is 0 Å². The summed E-state index contributed by atoms with van der Waals surface area (Å²) in [6, 6.07) is 0. The summed E-state index contributed by atoms with van der Waals surface area (Å²) in [5.74, 6) is 0.0836. The molecule has 10 heavy (non-hydrogen) atoms. The molecule has 1 atom stereocenters. The smallest absolute Gasteiger partial charge is 0.164 e. The lowest BCUT2D eigenvalue weighted by molar-refractivity contribution is -0.142. The number of hydrogen-bond acceptors (Lipinski definition) is 3. The fourth-order valence-corrected chi connectivity index (χ4v) is 0.631. The first-order valence-corrected chi connectivity index (χ1v) is 3.34. The third-order valence-corrected chi connectivity index (χ3v) is 1.07. The number of ether oxygens (including phenoxy) is 2. The van der Waals surface area contributed by atoms with Crippen LogP contribution in [0.15, 0.2) is 0 Å². The topological polar surface area (TPSA) is 35.5 Å². The first-order valence-electron chi connectivity index (χ1n) is 3.34. The SMILES string of the molecule is CCOC(CC(C)=O)OC. The first kappa shape index (κ1) is 9.59. The van der Waals surface area contributed by atoms with Crippen LogP contribution in [0.5, 0.6) is 0 Å². The maximum atomic E-state index is 10.5. The number of carbonyl (C=O) groups excluding carboxylic acids is 1. The number of ketones is 1. The van der Waals surface area contributed by atoms with Crippen molar-refractivity contribution in [3.05, 3.63) is 0 Å². The van der Waals surface area contributed by atoms with Gasteiger partial charge in [-0.3, -0.25) is 4.79 Å². The number of hydrogen-bond donors (Lipinski definition) is 0. The molecule has 0 fully saturated rings. The van der Waals surface area contributed by atoms with Gasteiger partial charge >= 0.3 is 0 Å². The van der Waals surface area contributed by atoms with Crippen molar-refractivity contribution in [3.8, 4) is 0 Å². The van der Waals surface area contributed by atoms with E-state index in [1.54, 1.807) is 0 Å². The lowest BCUT2D eigenvalue weighted by Gasteiger charge is -2.12. The zero-order valence-electron chi connectivity index (χ0n) is 6.72. The Balaban J connectivity index is 3.49. The summed E-state index contributed by atoms with van der Waals surface area (Å²) in [6.45, 7) is 3.96. The minimum Gasteiger partial charge on any atom is -0.355 e. The molecule has 0 aliphatic carbocycles. The van der Waals surface area contributed by atoms with Crippen LogP contribution in [-0.4, -0.2) is 25.8 Å². The predicted octanol–water partition coefficient (Wildman–Crippen LogP) is 0.975. The molecule has 3 heteroatoms. The summed E-state index contributed by atoms with van der Waals surface area (Å²) >= 11 is 0. The molecule has 0 saturated heterocycles. The second-order valence-corrected chi connectivity index (χ2v) is 2.03. The molecule has 0 bridgehead atoms. The fourth-order valence-electron chi connectivity index (χ4n) is 0.631. The van der Waals surface area contributed by atoms with Crippen molar-refractivity contribution in [1.29, 1.82) is 0 Å². The van der Waals surface area contributed by atoms with Crippen LogP contribution in [0.2, 0.25) is 0 Å². The Morgan fingerprint density at radius 3 is 2.50 bits per heavy atom. The van der Waals surface area contributed by atoms with Crippen molar-refractivity contribution < 1.29 is 14.3 Å². The number of methoxy groups -OCH3 is 1. The molecule has 0 aromatic rings. The molecule has 0 N–H and O–H groups in total. The predicted molar refractivity (Wildman–Crippen MR) is 37.7 cm³/mol. The molecule has 0 aliphatic heterocycles. The van der Waals surface area contributed by atoms with Gasteiger partial charge < -0.3 is 9.47 Å². The molecule has 0 aromatic carbocycles. The summed E-state index contributed by atoms with van der Waals surface area (Å²) < 4.78 is 9.92. The van der Waals surface area contributed by atoms with Crippen LogP contribution in [0.3, 0.4) is 0 Å². The maximum Gasteiger partial charge on any atom is 0.164 e. The van der Waals surface area contributed by atoms with Gasteiger partial charge in [0, 0.05) is 13.7 Å². The minimum absolute atomic E-state index is 0.0836. The lowest BCUT2D eigenvalue weighted by Crippen LogP contribution is -2.18. The van der Waals surface area contributed by atoms with Gasteiger partial charge in [0.2, 0.25) is 0 Å². The van der Waals surface area contributed by atoms with Gasteiger partial charge in [-0.15, -0.1) is 0 Å². The number of carbonyl (C=O) groups is 1. The van der Waals surface area contributed by atoms with E-state index in [0.717, 1.165) is 0 Å². The largest absolute Gasteiger partial charge is 0.355 e. The third kappa shape index (κ3) is 4.47. The highest BCUT2D eigenvalue weighted by atomic mass is 16.7. The van der Waals surface area contributed by atoms with E-state index in [4.69, 9.17) is 9.47 Å². The fraction of sp³-hybridized carbons (Fsp3) is 0.857. The summed E-state index contributed by atoms with van der Waals surface area (Å²) in [5, 5.41) is 0. The molecule has 0 spiro atoms. The average molecular weight is 146 g/mol. The quantitative estimate of drug-likeness (QED) is 0.542. The standard InChI is InChI=1S/C7H14O3/c1-4-10-7(9-3)5-6(2)8/h7H,4-5H2,1-3H3. The molecule has 0 radical (unpaired) electrons. The maximum absolute atomic E-state index is 10.5. The molecule has 0 amide bonds. The summed E-state index contributed by atoms with van der Waals surface area (Å²) in [5.41, 5.74) is 0. The van der Waals surface area contributed by atoms with Crippen molar-refractivity contribution in [2.24, 2.45) is 0 Å². The molecule has 60 valence electrons. The van der Waals surface area contributed by atoms with Gasteiger partial charge in [0.15, 0.2) is 6.29 Å². The third-order valence-electron chi connectivity index (χ3n) is 1.07. The van der Waals surface area contributed by atoms with E-state index < -0.39 is 0 Å². The molecular formula is C7H14O3. The molecule has 0 aromatic heterocycles. The molecule has 0 heterocycles. The van der Waals surface area contributed by atoms with Crippen molar-refractivity contribution in [1.82, 2.24) is 0 Å². The summed E-state index contributed by atoms with van der Waals surface area (Å²) in [7, 11) is 1.53. The second-order valence-electron chi connectivity index (χ2n) is 2.03. The monoisotopic (exact) mass is 146 g/mol.